The molecule has 2 heterocycles. The van der Waals surface area contributed by atoms with E-state index in [1.54, 1.807) is 0 Å². The van der Waals surface area contributed by atoms with Crippen molar-refractivity contribution in [1.29, 1.82) is 0 Å². The first-order valence-electron chi connectivity index (χ1n) is 7.43. The van der Waals surface area contributed by atoms with Crippen molar-refractivity contribution in [3.63, 3.8) is 0 Å². The molecule has 0 bridgehead atoms. The van der Waals surface area contributed by atoms with Crippen LogP contribution in [-0.4, -0.2) is 28.6 Å². The van der Waals surface area contributed by atoms with Gasteiger partial charge in [0.2, 0.25) is 0 Å². The molecule has 0 unspecified atom stereocenters. The topological polar surface area (TPSA) is 16.1 Å². The average molecular weight is 321 g/mol. The smallest absolute Gasteiger partial charge is 0.133 e. The molecule has 0 aliphatic carbocycles. The third-order valence-corrected chi connectivity index (χ3v) is 5.72. The zero-order valence-corrected chi connectivity index (χ0v) is 14.2. The van der Waals surface area contributed by atoms with Crippen molar-refractivity contribution in [1.82, 2.24) is 4.98 Å². The monoisotopic (exact) mass is 320 g/mol. The lowest BCUT2D eigenvalue weighted by Gasteiger charge is -2.25. The molecule has 0 saturated carbocycles. The summed E-state index contributed by atoms with van der Waals surface area (Å²) in [6, 6.07) is 10.5. The number of para-hydroxylation sites is 1. The van der Waals surface area contributed by atoms with Crippen LogP contribution < -0.4 is 4.90 Å². The van der Waals surface area contributed by atoms with Crippen molar-refractivity contribution >= 4 is 40.1 Å². The first-order valence-corrected chi connectivity index (χ1v) is 8.95. The van der Waals surface area contributed by atoms with E-state index in [9.17, 15) is 0 Å². The largest absolute Gasteiger partial charge is 0.355 e. The van der Waals surface area contributed by atoms with Gasteiger partial charge in [-0.3, -0.25) is 0 Å². The Hall–Kier alpha value is -0.930. The minimum Gasteiger partial charge on any atom is -0.355 e. The van der Waals surface area contributed by atoms with Gasteiger partial charge in [0.25, 0.3) is 0 Å². The summed E-state index contributed by atoms with van der Waals surface area (Å²) in [7, 11) is 0. The van der Waals surface area contributed by atoms with E-state index in [-0.39, 0.29) is 0 Å². The van der Waals surface area contributed by atoms with E-state index in [2.05, 4.69) is 48.7 Å². The van der Waals surface area contributed by atoms with E-state index in [4.69, 9.17) is 16.6 Å². The molecule has 21 heavy (non-hydrogen) atoms. The van der Waals surface area contributed by atoms with Crippen LogP contribution >= 0.6 is 23.4 Å². The number of hydrogen-bond donors (Lipinski definition) is 0. The second-order valence-electron chi connectivity index (χ2n) is 6.14. The number of benzene rings is 1. The Kier molecular flexibility index (Phi) is 4.32. The summed E-state index contributed by atoms with van der Waals surface area (Å²) in [6.07, 6.45) is 1.17. The van der Waals surface area contributed by atoms with Crippen LogP contribution in [0.25, 0.3) is 10.9 Å². The van der Waals surface area contributed by atoms with Crippen LogP contribution in [0, 0.1) is 0 Å². The molecule has 1 saturated heterocycles. The number of alkyl halides is 1. The normalized spacial score (nSPS) is 18.7. The Morgan fingerprint density at radius 2 is 2.10 bits per heavy atom. The number of thioether (sulfide) groups is 1. The van der Waals surface area contributed by atoms with Crippen LogP contribution in [0.5, 0.6) is 0 Å². The van der Waals surface area contributed by atoms with Crippen molar-refractivity contribution in [2.75, 3.05) is 23.7 Å². The predicted octanol–water partition coefficient (Wildman–Crippen LogP) is 4.70. The van der Waals surface area contributed by atoms with Gasteiger partial charge < -0.3 is 4.90 Å². The molecule has 4 heteroatoms. The third-order valence-electron chi connectivity index (χ3n) is 4.06. The van der Waals surface area contributed by atoms with Crippen molar-refractivity contribution < 1.29 is 0 Å². The van der Waals surface area contributed by atoms with Gasteiger partial charge in [-0.25, -0.2) is 4.98 Å². The standard InChI is InChI=1S/C17H21ClN2S/c1-17(2)7-8-20(9-10-21-17)16-14(12-18)11-13-5-3-4-6-15(13)19-16/h3-6,11H,7-10,12H2,1-2H3. The van der Waals surface area contributed by atoms with Crippen LogP contribution in [-0.2, 0) is 5.88 Å². The van der Waals surface area contributed by atoms with Crippen LogP contribution in [0.4, 0.5) is 5.82 Å². The number of rotatable bonds is 2. The molecule has 0 atom stereocenters. The maximum atomic E-state index is 6.18. The Morgan fingerprint density at radius 3 is 2.90 bits per heavy atom. The molecular formula is C17H21ClN2S. The van der Waals surface area contributed by atoms with Gasteiger partial charge in [-0.1, -0.05) is 32.0 Å². The maximum Gasteiger partial charge on any atom is 0.133 e. The summed E-state index contributed by atoms with van der Waals surface area (Å²) >= 11 is 8.23. The lowest BCUT2D eigenvalue weighted by Crippen LogP contribution is -2.28. The molecule has 1 aromatic carbocycles. The van der Waals surface area contributed by atoms with E-state index in [0.717, 1.165) is 35.7 Å². The highest BCUT2D eigenvalue weighted by Crippen LogP contribution is 2.33. The fourth-order valence-corrected chi connectivity index (χ4v) is 4.05. The molecule has 1 aromatic heterocycles. The Labute approximate surface area is 135 Å². The number of halogens is 1. The summed E-state index contributed by atoms with van der Waals surface area (Å²) in [5, 5.41) is 1.17. The third kappa shape index (κ3) is 3.29. The van der Waals surface area contributed by atoms with Crippen molar-refractivity contribution in [2.24, 2.45) is 0 Å². The van der Waals surface area contributed by atoms with Crippen LogP contribution in [0.2, 0.25) is 0 Å². The number of anilines is 1. The average Bonchev–Trinajstić information content (AvgIpc) is 2.66. The van der Waals surface area contributed by atoms with Crippen molar-refractivity contribution in [3.05, 3.63) is 35.9 Å². The van der Waals surface area contributed by atoms with Crippen LogP contribution in [0.3, 0.4) is 0 Å². The van der Waals surface area contributed by atoms with Gasteiger partial charge >= 0.3 is 0 Å². The number of hydrogen-bond acceptors (Lipinski definition) is 3. The molecule has 112 valence electrons. The predicted molar refractivity (Wildman–Crippen MR) is 94.7 cm³/mol. The summed E-state index contributed by atoms with van der Waals surface area (Å²) in [4.78, 5) is 7.30. The minimum absolute atomic E-state index is 0.354. The molecule has 0 N–H and O–H groups in total. The first-order chi connectivity index (χ1) is 10.1. The minimum atomic E-state index is 0.354. The van der Waals surface area contributed by atoms with Gasteiger partial charge in [0.1, 0.15) is 5.82 Å². The lowest BCUT2D eigenvalue weighted by molar-refractivity contribution is 0.635. The fraction of sp³-hybridized carbons (Fsp3) is 0.471. The SMILES string of the molecule is CC1(C)CCN(c2nc3ccccc3cc2CCl)CCS1. The molecule has 2 aromatic rings. The molecule has 0 spiro atoms. The van der Waals surface area contributed by atoms with E-state index in [1.807, 2.05) is 12.1 Å². The number of pyridine rings is 1. The highest BCUT2D eigenvalue weighted by Gasteiger charge is 2.25. The zero-order valence-electron chi connectivity index (χ0n) is 12.6. The second kappa shape index (κ2) is 6.05. The molecule has 1 aliphatic rings. The molecule has 0 radical (unpaired) electrons. The first kappa shape index (κ1) is 15.0. The van der Waals surface area contributed by atoms with E-state index < -0.39 is 0 Å². The maximum absolute atomic E-state index is 6.18. The van der Waals surface area contributed by atoms with Gasteiger partial charge in [0.05, 0.1) is 11.4 Å². The lowest BCUT2D eigenvalue weighted by atomic mass is 10.1. The van der Waals surface area contributed by atoms with Gasteiger partial charge in [0, 0.05) is 34.5 Å². The molecule has 0 amide bonds. The Morgan fingerprint density at radius 1 is 1.29 bits per heavy atom. The van der Waals surface area contributed by atoms with Gasteiger partial charge in [-0.2, -0.15) is 11.8 Å². The summed E-state index contributed by atoms with van der Waals surface area (Å²) in [5.74, 6) is 2.73. The second-order valence-corrected chi connectivity index (χ2v) is 8.21. The highest BCUT2D eigenvalue weighted by atomic mass is 35.5. The highest BCUT2D eigenvalue weighted by molar-refractivity contribution is 8.00. The number of fused-ring (bicyclic) bond motifs is 1. The van der Waals surface area contributed by atoms with E-state index >= 15 is 0 Å². The van der Waals surface area contributed by atoms with Gasteiger partial charge in [-0.05, 0) is 18.6 Å². The summed E-state index contributed by atoms with van der Waals surface area (Å²) in [6.45, 7) is 6.76. The quantitative estimate of drug-likeness (QED) is 0.746. The number of nitrogens with zero attached hydrogens (tertiary/aromatic N) is 2. The Balaban J connectivity index is 1.98. The Bertz CT molecular complexity index is 642. The van der Waals surface area contributed by atoms with Gasteiger partial charge in [-0.15, -0.1) is 11.6 Å². The fourth-order valence-electron chi connectivity index (χ4n) is 2.75. The van der Waals surface area contributed by atoms with Crippen molar-refractivity contribution in [2.45, 2.75) is 30.9 Å². The van der Waals surface area contributed by atoms with Crippen LogP contribution in [0.15, 0.2) is 30.3 Å². The van der Waals surface area contributed by atoms with E-state index in [1.165, 1.54) is 11.8 Å². The molecular weight excluding hydrogens is 300 g/mol. The zero-order chi connectivity index (χ0) is 14.9. The number of aromatic nitrogens is 1. The molecule has 1 fully saturated rings. The van der Waals surface area contributed by atoms with Gasteiger partial charge in [0.15, 0.2) is 0 Å². The summed E-state index contributed by atoms with van der Waals surface area (Å²) in [5.41, 5.74) is 2.19. The molecule has 2 nitrogen and oxygen atoms in total. The van der Waals surface area contributed by atoms with Crippen molar-refractivity contribution in [3.8, 4) is 0 Å². The summed E-state index contributed by atoms with van der Waals surface area (Å²) < 4.78 is 0.354. The van der Waals surface area contributed by atoms with Crippen LogP contribution in [0.1, 0.15) is 25.8 Å². The molecule has 3 rings (SSSR count). The molecule has 1 aliphatic heterocycles. The van der Waals surface area contributed by atoms with E-state index in [0.29, 0.717) is 10.6 Å².